The monoisotopic (exact) mass is 364 g/mol. The molecule has 26 heavy (non-hydrogen) atoms. The number of aliphatic hydroxyl groups is 2. The van der Waals surface area contributed by atoms with Crippen LogP contribution in [-0.4, -0.2) is 42.6 Å². The summed E-state index contributed by atoms with van der Waals surface area (Å²) in [6, 6.07) is 0. The minimum Gasteiger partial charge on any atom is -0.501 e. The van der Waals surface area contributed by atoms with Gasteiger partial charge in [0.05, 0.1) is 32.0 Å². The maximum absolute atomic E-state index is 12.0. The van der Waals surface area contributed by atoms with Crippen molar-refractivity contribution in [1.82, 2.24) is 0 Å². The fourth-order valence-corrected chi connectivity index (χ4v) is 5.78. The number of hydrogen-bond acceptors (Lipinski definition) is 5. The van der Waals surface area contributed by atoms with Gasteiger partial charge in [-0.2, -0.15) is 0 Å². The molecule has 0 bridgehead atoms. The molecule has 146 valence electrons. The van der Waals surface area contributed by atoms with Crippen molar-refractivity contribution < 1.29 is 24.5 Å². The molecule has 0 spiro atoms. The largest absolute Gasteiger partial charge is 0.501 e. The zero-order chi connectivity index (χ0) is 19.1. The van der Waals surface area contributed by atoms with Crippen molar-refractivity contribution in [2.75, 3.05) is 20.3 Å². The van der Waals surface area contributed by atoms with Crippen LogP contribution in [-0.2, 0) is 14.3 Å². The first-order valence-corrected chi connectivity index (χ1v) is 9.67. The maximum atomic E-state index is 12.0. The molecule has 0 radical (unpaired) electrons. The molecule has 0 amide bonds. The van der Waals surface area contributed by atoms with Crippen LogP contribution in [0.1, 0.15) is 52.4 Å². The summed E-state index contributed by atoms with van der Waals surface area (Å²) in [5.74, 6) is 0.801. The summed E-state index contributed by atoms with van der Waals surface area (Å²) >= 11 is 0. The Hall–Kier alpha value is -1.33. The number of carbonyl (C=O) groups is 1. The SMILES string of the molecule is C=C1CC[C@@H]2[C@](C)(CO)[C@H](O)CC[C@@]2(C)[C@@H]1C/C(OC)=C1\CCOC1=O. The van der Waals surface area contributed by atoms with Gasteiger partial charge in [0.1, 0.15) is 5.76 Å². The highest BCUT2D eigenvalue weighted by atomic mass is 16.5. The van der Waals surface area contributed by atoms with E-state index in [0.29, 0.717) is 37.2 Å². The Labute approximate surface area is 156 Å². The van der Waals surface area contributed by atoms with Crippen LogP contribution < -0.4 is 0 Å². The van der Waals surface area contributed by atoms with E-state index in [-0.39, 0.29) is 29.8 Å². The first-order valence-electron chi connectivity index (χ1n) is 9.67. The van der Waals surface area contributed by atoms with Crippen molar-refractivity contribution in [2.45, 2.75) is 58.5 Å². The van der Waals surface area contributed by atoms with Gasteiger partial charge in [-0.3, -0.25) is 0 Å². The lowest BCUT2D eigenvalue weighted by molar-refractivity contribution is -0.152. The van der Waals surface area contributed by atoms with E-state index in [9.17, 15) is 15.0 Å². The van der Waals surface area contributed by atoms with E-state index >= 15 is 0 Å². The number of hydrogen-bond donors (Lipinski definition) is 2. The lowest BCUT2D eigenvalue weighted by atomic mass is 9.46. The summed E-state index contributed by atoms with van der Waals surface area (Å²) < 4.78 is 10.7. The Balaban J connectivity index is 1.95. The molecule has 3 fully saturated rings. The van der Waals surface area contributed by atoms with E-state index in [4.69, 9.17) is 9.47 Å². The number of esters is 1. The topological polar surface area (TPSA) is 76.0 Å². The Kier molecular flexibility index (Phi) is 5.24. The first kappa shape index (κ1) is 19.4. The Morgan fingerprint density at radius 1 is 1.35 bits per heavy atom. The maximum Gasteiger partial charge on any atom is 0.337 e. The van der Waals surface area contributed by atoms with Gasteiger partial charge in [-0.05, 0) is 42.9 Å². The molecule has 0 aromatic heterocycles. The summed E-state index contributed by atoms with van der Waals surface area (Å²) in [5.41, 5.74) is 1.24. The zero-order valence-electron chi connectivity index (χ0n) is 16.2. The van der Waals surface area contributed by atoms with Crippen LogP contribution in [0.2, 0.25) is 0 Å². The average Bonchev–Trinajstić information content (AvgIpc) is 3.04. The van der Waals surface area contributed by atoms with E-state index in [1.54, 1.807) is 7.11 Å². The molecular weight excluding hydrogens is 332 g/mol. The second-order valence-corrected chi connectivity index (χ2v) is 8.72. The summed E-state index contributed by atoms with van der Waals surface area (Å²) in [6.07, 6.45) is 4.11. The third-order valence-corrected chi connectivity index (χ3v) is 7.50. The third kappa shape index (κ3) is 2.89. The van der Waals surface area contributed by atoms with E-state index in [1.807, 2.05) is 6.92 Å². The third-order valence-electron chi connectivity index (χ3n) is 7.50. The summed E-state index contributed by atoms with van der Waals surface area (Å²) in [7, 11) is 1.61. The lowest BCUT2D eigenvalue weighted by Crippen LogP contribution is -2.57. The van der Waals surface area contributed by atoms with E-state index in [2.05, 4.69) is 13.5 Å². The molecule has 5 heteroatoms. The number of ether oxygens (including phenoxy) is 2. The van der Waals surface area contributed by atoms with E-state index < -0.39 is 11.5 Å². The van der Waals surface area contributed by atoms with Crippen molar-refractivity contribution in [3.63, 3.8) is 0 Å². The molecule has 5 atom stereocenters. The van der Waals surface area contributed by atoms with Crippen LogP contribution in [0.15, 0.2) is 23.5 Å². The van der Waals surface area contributed by atoms with Gasteiger partial charge in [0.2, 0.25) is 0 Å². The molecule has 0 aromatic carbocycles. The zero-order valence-corrected chi connectivity index (χ0v) is 16.2. The number of fused-ring (bicyclic) bond motifs is 1. The van der Waals surface area contributed by atoms with Crippen molar-refractivity contribution in [1.29, 1.82) is 0 Å². The predicted molar refractivity (Wildman–Crippen MR) is 98.1 cm³/mol. The van der Waals surface area contributed by atoms with Gasteiger partial charge in [-0.25, -0.2) is 4.79 Å². The number of aliphatic hydroxyl groups excluding tert-OH is 2. The fourth-order valence-electron chi connectivity index (χ4n) is 5.78. The number of rotatable bonds is 4. The molecule has 2 aliphatic carbocycles. The molecule has 1 aliphatic heterocycles. The van der Waals surface area contributed by atoms with Gasteiger partial charge in [-0.1, -0.05) is 26.0 Å². The lowest BCUT2D eigenvalue weighted by Gasteiger charge is -2.60. The number of methoxy groups -OCH3 is 1. The second-order valence-electron chi connectivity index (χ2n) is 8.72. The number of carbonyl (C=O) groups excluding carboxylic acids is 1. The van der Waals surface area contributed by atoms with Crippen LogP contribution in [0.3, 0.4) is 0 Å². The predicted octanol–water partition coefficient (Wildman–Crippen LogP) is 2.97. The van der Waals surface area contributed by atoms with Crippen molar-refractivity contribution in [3.05, 3.63) is 23.5 Å². The molecule has 3 rings (SSSR count). The van der Waals surface area contributed by atoms with Gasteiger partial charge in [0.25, 0.3) is 0 Å². The van der Waals surface area contributed by atoms with Gasteiger partial charge in [0.15, 0.2) is 0 Å². The highest BCUT2D eigenvalue weighted by molar-refractivity contribution is 5.90. The minimum absolute atomic E-state index is 0.0157. The van der Waals surface area contributed by atoms with Crippen LogP contribution in [0.5, 0.6) is 0 Å². The Bertz CT molecular complexity index is 624. The van der Waals surface area contributed by atoms with Crippen molar-refractivity contribution >= 4 is 5.97 Å². The molecule has 3 aliphatic rings. The Morgan fingerprint density at radius 3 is 2.65 bits per heavy atom. The normalized spacial score (nSPS) is 42.3. The summed E-state index contributed by atoms with van der Waals surface area (Å²) in [5, 5.41) is 20.7. The van der Waals surface area contributed by atoms with Crippen LogP contribution >= 0.6 is 0 Å². The average molecular weight is 364 g/mol. The molecule has 1 saturated heterocycles. The van der Waals surface area contributed by atoms with Crippen LogP contribution in [0.4, 0.5) is 0 Å². The van der Waals surface area contributed by atoms with Crippen LogP contribution in [0.25, 0.3) is 0 Å². The van der Waals surface area contributed by atoms with Gasteiger partial charge < -0.3 is 19.7 Å². The Morgan fingerprint density at radius 2 is 2.08 bits per heavy atom. The highest BCUT2D eigenvalue weighted by Gasteiger charge is 2.57. The molecule has 0 unspecified atom stereocenters. The van der Waals surface area contributed by atoms with E-state index in [0.717, 1.165) is 19.3 Å². The van der Waals surface area contributed by atoms with Crippen LogP contribution in [0, 0.1) is 22.7 Å². The van der Waals surface area contributed by atoms with Crippen molar-refractivity contribution in [3.8, 4) is 0 Å². The molecule has 1 heterocycles. The van der Waals surface area contributed by atoms with Crippen molar-refractivity contribution in [2.24, 2.45) is 22.7 Å². The van der Waals surface area contributed by atoms with Gasteiger partial charge >= 0.3 is 5.97 Å². The minimum atomic E-state index is -0.501. The second kappa shape index (κ2) is 7.01. The summed E-state index contributed by atoms with van der Waals surface area (Å²) in [4.78, 5) is 12.0. The molecular formula is C21H32O5. The smallest absolute Gasteiger partial charge is 0.337 e. The standard InChI is InChI=1S/C21H32O5/c1-13-5-6-17-20(2,9-7-18(23)21(17,3)12-22)15(13)11-16(25-4)14-8-10-26-19(14)24/h15,17-18,22-23H,1,5-12H2,2-4H3/b16-14-/t15-,17+,18-,20+,21+/m1/s1. The molecule has 2 N–H and O–H groups in total. The molecule has 2 saturated carbocycles. The first-order chi connectivity index (χ1) is 12.3. The quantitative estimate of drug-likeness (QED) is 0.347. The molecule has 0 aromatic rings. The summed E-state index contributed by atoms with van der Waals surface area (Å²) in [6.45, 7) is 9.01. The number of cyclic esters (lactones) is 1. The van der Waals surface area contributed by atoms with E-state index in [1.165, 1.54) is 5.57 Å². The molecule has 5 nitrogen and oxygen atoms in total. The van der Waals surface area contributed by atoms with Gasteiger partial charge in [0, 0.05) is 18.3 Å². The van der Waals surface area contributed by atoms with Gasteiger partial charge in [-0.15, -0.1) is 0 Å². The fraction of sp³-hybridized carbons (Fsp3) is 0.762. The highest BCUT2D eigenvalue weighted by Crippen LogP contribution is 2.62. The number of allylic oxidation sites excluding steroid dienone is 2.